The number of hydrogen-bond donors (Lipinski definition) is 1. The molecule has 142 valence electrons. The van der Waals surface area contributed by atoms with Crippen molar-refractivity contribution < 1.29 is 9.53 Å². The van der Waals surface area contributed by atoms with Gasteiger partial charge in [-0.05, 0) is 39.0 Å². The summed E-state index contributed by atoms with van der Waals surface area (Å²) in [4.78, 5) is 14.2. The van der Waals surface area contributed by atoms with Gasteiger partial charge in [0.25, 0.3) is 5.91 Å². The second-order valence-corrected chi connectivity index (χ2v) is 7.86. The molecule has 1 aliphatic rings. The minimum Gasteiger partial charge on any atom is -0.377 e. The van der Waals surface area contributed by atoms with Crippen LogP contribution in [0.15, 0.2) is 0 Å². The predicted molar refractivity (Wildman–Crippen MR) is 100.0 cm³/mol. The Balaban J connectivity index is 2.12. The molecule has 1 N–H and O–H groups in total. The summed E-state index contributed by atoms with van der Waals surface area (Å²) in [6.45, 7) is 10.9. The van der Waals surface area contributed by atoms with Gasteiger partial charge in [0.2, 0.25) is 0 Å². The van der Waals surface area contributed by atoms with E-state index in [4.69, 9.17) is 4.74 Å². The maximum atomic E-state index is 12.6. The van der Waals surface area contributed by atoms with Crippen LogP contribution in [0.2, 0.25) is 0 Å². The summed E-state index contributed by atoms with van der Waals surface area (Å²) in [6.07, 6.45) is 3.18. The molecule has 0 bridgehead atoms. The predicted octanol–water partition coefficient (Wildman–Crippen LogP) is 2.11. The molecule has 2 rings (SSSR count). The molecule has 0 saturated carbocycles. The quantitative estimate of drug-likeness (QED) is 0.730. The van der Waals surface area contributed by atoms with Gasteiger partial charge in [-0.2, -0.15) is 5.10 Å². The van der Waals surface area contributed by atoms with Crippen LogP contribution in [-0.2, 0) is 24.1 Å². The SMILES string of the molecule is CC(C)Cn1nc(C(=O)N(C)C)c2c1CCC(NCCOC(C)C)C2. The number of amides is 1. The Bertz CT molecular complexity index is 578. The van der Waals surface area contributed by atoms with Gasteiger partial charge >= 0.3 is 0 Å². The fraction of sp³-hybridized carbons (Fsp3) is 0.789. The first-order chi connectivity index (χ1) is 11.8. The van der Waals surface area contributed by atoms with E-state index >= 15 is 0 Å². The molecule has 1 aromatic rings. The van der Waals surface area contributed by atoms with Gasteiger partial charge in [-0.25, -0.2) is 0 Å². The third-order valence-electron chi connectivity index (χ3n) is 4.48. The van der Waals surface area contributed by atoms with Gasteiger partial charge < -0.3 is 15.0 Å². The number of rotatable bonds is 8. The molecule has 1 unspecified atom stereocenters. The standard InChI is InChI=1S/C19H34N4O2/c1-13(2)12-23-17-8-7-15(20-9-10-25-14(3)4)11-16(17)18(21-23)19(24)22(5)6/h13-15,20H,7-12H2,1-6H3. The minimum atomic E-state index is 0.00236. The Morgan fingerprint density at radius 2 is 2.08 bits per heavy atom. The van der Waals surface area contributed by atoms with Gasteiger partial charge in [-0.1, -0.05) is 13.8 Å². The highest BCUT2D eigenvalue weighted by atomic mass is 16.5. The van der Waals surface area contributed by atoms with Crippen molar-refractivity contribution in [3.05, 3.63) is 17.0 Å². The van der Waals surface area contributed by atoms with Crippen molar-refractivity contribution >= 4 is 5.91 Å². The number of fused-ring (bicyclic) bond motifs is 1. The van der Waals surface area contributed by atoms with Crippen molar-refractivity contribution in [3.8, 4) is 0 Å². The Kier molecular flexibility index (Phi) is 7.02. The van der Waals surface area contributed by atoms with Crippen LogP contribution in [0.25, 0.3) is 0 Å². The largest absolute Gasteiger partial charge is 0.377 e. The second-order valence-electron chi connectivity index (χ2n) is 7.86. The maximum Gasteiger partial charge on any atom is 0.274 e. The van der Waals surface area contributed by atoms with E-state index in [1.54, 1.807) is 19.0 Å². The molecule has 1 amide bonds. The first-order valence-electron chi connectivity index (χ1n) is 9.44. The Morgan fingerprint density at radius 1 is 1.36 bits per heavy atom. The molecule has 0 saturated heterocycles. The van der Waals surface area contributed by atoms with Crippen LogP contribution in [0, 0.1) is 5.92 Å². The van der Waals surface area contributed by atoms with E-state index in [0.29, 0.717) is 17.7 Å². The fourth-order valence-electron chi connectivity index (χ4n) is 3.30. The molecule has 0 spiro atoms. The molecule has 1 aromatic heterocycles. The fourth-order valence-corrected chi connectivity index (χ4v) is 3.30. The van der Waals surface area contributed by atoms with E-state index in [9.17, 15) is 4.79 Å². The highest BCUT2D eigenvalue weighted by molar-refractivity contribution is 5.93. The lowest BCUT2D eigenvalue weighted by Crippen LogP contribution is -2.37. The van der Waals surface area contributed by atoms with E-state index in [1.165, 1.54) is 5.69 Å². The van der Waals surface area contributed by atoms with Crippen molar-refractivity contribution in [2.45, 2.75) is 65.6 Å². The van der Waals surface area contributed by atoms with E-state index < -0.39 is 0 Å². The van der Waals surface area contributed by atoms with E-state index in [1.807, 2.05) is 0 Å². The Labute approximate surface area is 151 Å². The lowest BCUT2D eigenvalue weighted by Gasteiger charge is -2.25. The normalized spacial score (nSPS) is 17.2. The van der Waals surface area contributed by atoms with Crippen LogP contribution in [0.5, 0.6) is 0 Å². The topological polar surface area (TPSA) is 59.4 Å². The molecular weight excluding hydrogens is 316 g/mol. The van der Waals surface area contributed by atoms with Crippen LogP contribution in [-0.4, -0.2) is 60.0 Å². The van der Waals surface area contributed by atoms with E-state index in [2.05, 4.69) is 42.8 Å². The number of nitrogens with one attached hydrogen (secondary N) is 1. The first-order valence-corrected chi connectivity index (χ1v) is 9.44. The zero-order valence-corrected chi connectivity index (χ0v) is 16.6. The zero-order valence-electron chi connectivity index (χ0n) is 16.6. The summed E-state index contributed by atoms with van der Waals surface area (Å²) in [6, 6.07) is 0.383. The average molecular weight is 351 g/mol. The molecule has 25 heavy (non-hydrogen) atoms. The molecule has 0 aliphatic heterocycles. The van der Waals surface area contributed by atoms with Crippen LogP contribution in [0.4, 0.5) is 0 Å². The molecule has 6 nitrogen and oxygen atoms in total. The summed E-state index contributed by atoms with van der Waals surface area (Å²) in [5.41, 5.74) is 3.01. The third-order valence-corrected chi connectivity index (χ3v) is 4.48. The lowest BCUT2D eigenvalue weighted by molar-refractivity contribution is 0.0787. The molecule has 6 heteroatoms. The third kappa shape index (κ3) is 5.28. The molecule has 1 atom stereocenters. The van der Waals surface area contributed by atoms with Crippen molar-refractivity contribution in [1.29, 1.82) is 0 Å². The van der Waals surface area contributed by atoms with Crippen LogP contribution >= 0.6 is 0 Å². The highest BCUT2D eigenvalue weighted by Gasteiger charge is 2.29. The van der Waals surface area contributed by atoms with Crippen molar-refractivity contribution in [2.24, 2.45) is 5.92 Å². The molecule has 1 heterocycles. The van der Waals surface area contributed by atoms with Gasteiger partial charge in [0.1, 0.15) is 0 Å². The molecule has 0 fully saturated rings. The van der Waals surface area contributed by atoms with Gasteiger partial charge in [-0.15, -0.1) is 0 Å². The summed E-state index contributed by atoms with van der Waals surface area (Å²) in [5, 5.41) is 8.26. The highest BCUT2D eigenvalue weighted by Crippen LogP contribution is 2.26. The van der Waals surface area contributed by atoms with Gasteiger partial charge in [-0.3, -0.25) is 9.48 Å². The van der Waals surface area contributed by atoms with Crippen molar-refractivity contribution in [1.82, 2.24) is 20.0 Å². The zero-order chi connectivity index (χ0) is 18.6. The van der Waals surface area contributed by atoms with Crippen molar-refractivity contribution in [3.63, 3.8) is 0 Å². The van der Waals surface area contributed by atoms with Gasteiger partial charge in [0.15, 0.2) is 5.69 Å². The van der Waals surface area contributed by atoms with Crippen LogP contribution in [0.1, 0.15) is 55.9 Å². The van der Waals surface area contributed by atoms with Crippen molar-refractivity contribution in [2.75, 3.05) is 27.2 Å². The number of aromatic nitrogens is 2. The molecular formula is C19H34N4O2. The summed E-state index contributed by atoms with van der Waals surface area (Å²) >= 11 is 0. The smallest absolute Gasteiger partial charge is 0.274 e. The van der Waals surface area contributed by atoms with Gasteiger partial charge in [0.05, 0.1) is 12.7 Å². The first kappa shape index (κ1) is 19.9. The maximum absolute atomic E-state index is 12.6. The number of nitrogens with zero attached hydrogens (tertiary/aromatic N) is 3. The monoisotopic (exact) mass is 350 g/mol. The second kappa shape index (κ2) is 8.81. The summed E-state index contributed by atoms with van der Waals surface area (Å²) in [7, 11) is 3.58. The summed E-state index contributed by atoms with van der Waals surface area (Å²) in [5.74, 6) is 0.512. The number of carbonyl (C=O) groups excluding carboxylic acids is 1. The summed E-state index contributed by atoms with van der Waals surface area (Å²) < 4.78 is 7.67. The molecule has 1 aliphatic carbocycles. The average Bonchev–Trinajstić information content (AvgIpc) is 2.87. The lowest BCUT2D eigenvalue weighted by atomic mass is 9.91. The Morgan fingerprint density at radius 3 is 2.68 bits per heavy atom. The van der Waals surface area contributed by atoms with E-state index in [0.717, 1.165) is 44.5 Å². The van der Waals surface area contributed by atoms with Crippen LogP contribution < -0.4 is 5.32 Å². The van der Waals surface area contributed by atoms with E-state index in [-0.39, 0.29) is 12.0 Å². The minimum absolute atomic E-state index is 0.00236. The molecule has 0 radical (unpaired) electrons. The Hall–Kier alpha value is -1.40. The number of carbonyl (C=O) groups is 1. The van der Waals surface area contributed by atoms with Crippen LogP contribution in [0.3, 0.4) is 0 Å². The number of ether oxygens (including phenoxy) is 1. The molecule has 0 aromatic carbocycles. The van der Waals surface area contributed by atoms with Gasteiger partial charge in [0, 0.05) is 44.5 Å². The number of hydrogen-bond acceptors (Lipinski definition) is 4.